The van der Waals surface area contributed by atoms with Crippen molar-refractivity contribution >= 4 is 50.9 Å². The number of sulfonamides is 1. The van der Waals surface area contributed by atoms with Gasteiger partial charge in [-0.25, -0.2) is 8.42 Å². The smallest absolute Gasteiger partial charge is 0.220 e. The van der Waals surface area contributed by atoms with Crippen molar-refractivity contribution in [3.8, 4) is 0 Å². The lowest BCUT2D eigenvalue weighted by atomic mass is 10.2. The Morgan fingerprint density at radius 1 is 1.23 bits per heavy atom. The number of halogens is 1. The number of nitrogens with zero attached hydrogens (tertiary/aromatic N) is 4. The molecule has 0 aliphatic carbocycles. The summed E-state index contributed by atoms with van der Waals surface area (Å²) in [4.78, 5) is 9.82. The summed E-state index contributed by atoms with van der Waals surface area (Å²) in [6.45, 7) is 2.58. The lowest BCUT2D eigenvalue weighted by molar-refractivity contribution is 0.259. The first-order valence-electron chi connectivity index (χ1n) is 9.44. The van der Waals surface area contributed by atoms with Crippen LogP contribution in [0.1, 0.15) is 11.4 Å². The molecule has 3 aromatic rings. The van der Waals surface area contributed by atoms with Gasteiger partial charge in [-0.1, -0.05) is 23.4 Å². The van der Waals surface area contributed by atoms with E-state index in [0.29, 0.717) is 38.4 Å². The Morgan fingerprint density at radius 3 is 2.67 bits per heavy atom. The summed E-state index contributed by atoms with van der Waals surface area (Å²) in [6.07, 6.45) is 1.38. The Labute approximate surface area is 192 Å². The third-order valence-corrected chi connectivity index (χ3v) is 6.80. The molecule has 2 N–H and O–H groups in total. The number of benzene rings is 1. The number of hydrogen-bond acceptors (Lipinski definition) is 5. The molecule has 0 spiro atoms. The van der Waals surface area contributed by atoms with Crippen LogP contribution < -0.4 is 5.32 Å². The van der Waals surface area contributed by atoms with Crippen molar-refractivity contribution in [3.05, 3.63) is 54.0 Å². The topological polar surface area (TPSA) is 107 Å². The normalized spacial score (nSPS) is 15.9. The summed E-state index contributed by atoms with van der Waals surface area (Å²) in [7, 11) is -1.68. The molecule has 4 rings (SSSR count). The summed E-state index contributed by atoms with van der Waals surface area (Å²) >= 11 is 0. The summed E-state index contributed by atoms with van der Waals surface area (Å²) in [5, 5.41) is 8.23. The van der Waals surface area contributed by atoms with E-state index in [1.54, 1.807) is 13.1 Å². The number of hydrogen-bond donors (Lipinski definition) is 2. The summed E-state index contributed by atoms with van der Waals surface area (Å²) < 4.78 is 31.4. The molecular weight excluding hydrogens is 519 g/mol. The minimum absolute atomic E-state index is 0. The summed E-state index contributed by atoms with van der Waals surface area (Å²) in [5.74, 6) is 0.619. The first kappa shape index (κ1) is 22.6. The van der Waals surface area contributed by atoms with E-state index in [9.17, 15) is 8.42 Å². The molecule has 11 heteroatoms. The van der Waals surface area contributed by atoms with E-state index in [1.165, 1.54) is 16.0 Å². The van der Waals surface area contributed by atoms with Crippen molar-refractivity contribution in [3.63, 3.8) is 0 Å². The van der Waals surface area contributed by atoms with Crippen LogP contribution in [0.4, 0.5) is 0 Å². The number of fused-ring (bicyclic) bond motifs is 1. The molecule has 0 unspecified atom stereocenters. The highest BCUT2D eigenvalue weighted by molar-refractivity contribution is 14.0. The molecule has 1 aliphatic heterocycles. The summed E-state index contributed by atoms with van der Waals surface area (Å²) in [5.41, 5.74) is 2.59. The predicted molar refractivity (Wildman–Crippen MR) is 126 cm³/mol. The minimum Gasteiger partial charge on any atom is -0.364 e. The van der Waals surface area contributed by atoms with E-state index in [1.807, 2.05) is 18.2 Å². The highest BCUT2D eigenvalue weighted by Gasteiger charge is 2.29. The second kappa shape index (κ2) is 9.79. The van der Waals surface area contributed by atoms with Gasteiger partial charge >= 0.3 is 0 Å². The van der Waals surface area contributed by atoms with Gasteiger partial charge in [0.25, 0.3) is 0 Å². The van der Waals surface area contributed by atoms with Crippen LogP contribution in [-0.2, 0) is 22.3 Å². The lowest BCUT2D eigenvalue weighted by Gasteiger charge is -2.35. The molecule has 3 heterocycles. The maximum absolute atomic E-state index is 12.6. The van der Waals surface area contributed by atoms with Crippen LogP contribution in [0.25, 0.3) is 10.9 Å². The maximum Gasteiger partial charge on any atom is 0.220 e. The molecule has 0 radical (unpaired) electrons. The van der Waals surface area contributed by atoms with E-state index in [4.69, 9.17) is 4.52 Å². The monoisotopic (exact) mass is 544 g/mol. The first-order valence-corrected chi connectivity index (χ1v) is 11.1. The fourth-order valence-corrected chi connectivity index (χ4v) is 4.93. The van der Waals surface area contributed by atoms with Crippen molar-refractivity contribution in [2.45, 2.75) is 12.3 Å². The molecule has 0 amide bonds. The Balaban J connectivity index is 0.00000256. The van der Waals surface area contributed by atoms with Gasteiger partial charge in [0.2, 0.25) is 10.0 Å². The average Bonchev–Trinajstić information content (AvgIpc) is 3.37. The van der Waals surface area contributed by atoms with Gasteiger partial charge in [-0.15, -0.1) is 24.0 Å². The molecule has 1 aromatic carbocycles. The average molecular weight is 544 g/mol. The van der Waals surface area contributed by atoms with Crippen LogP contribution in [0, 0.1) is 0 Å². The predicted octanol–water partition coefficient (Wildman–Crippen LogP) is 2.00. The fraction of sp³-hybridized carbons (Fsp3) is 0.368. The van der Waals surface area contributed by atoms with Crippen molar-refractivity contribution in [2.24, 2.45) is 4.99 Å². The highest BCUT2D eigenvalue weighted by Crippen LogP contribution is 2.15. The molecule has 1 fully saturated rings. The highest BCUT2D eigenvalue weighted by atomic mass is 127. The molecule has 30 heavy (non-hydrogen) atoms. The quantitative estimate of drug-likeness (QED) is 0.289. The van der Waals surface area contributed by atoms with Crippen LogP contribution in [0.3, 0.4) is 0 Å². The molecule has 2 aromatic heterocycles. The van der Waals surface area contributed by atoms with Gasteiger partial charge in [-0.2, -0.15) is 4.31 Å². The Hall–Kier alpha value is -2.12. The molecule has 1 aliphatic rings. The van der Waals surface area contributed by atoms with Crippen LogP contribution in [0.2, 0.25) is 0 Å². The zero-order valence-electron chi connectivity index (χ0n) is 16.6. The Kier molecular flexibility index (Phi) is 7.36. The van der Waals surface area contributed by atoms with Crippen molar-refractivity contribution < 1.29 is 12.9 Å². The first-order chi connectivity index (χ1) is 14.0. The van der Waals surface area contributed by atoms with Crippen LogP contribution in [0.15, 0.2) is 52.2 Å². The van der Waals surface area contributed by atoms with E-state index in [0.717, 1.165) is 17.2 Å². The number of aromatic amines is 1. The van der Waals surface area contributed by atoms with Crippen molar-refractivity contribution in [1.82, 2.24) is 24.7 Å². The molecule has 162 valence electrons. The second-order valence-electron chi connectivity index (χ2n) is 6.92. The molecule has 0 atom stereocenters. The van der Waals surface area contributed by atoms with Crippen LogP contribution in [0.5, 0.6) is 0 Å². The Morgan fingerprint density at radius 2 is 2.00 bits per heavy atom. The van der Waals surface area contributed by atoms with E-state index < -0.39 is 10.0 Å². The van der Waals surface area contributed by atoms with E-state index in [-0.39, 0.29) is 29.7 Å². The van der Waals surface area contributed by atoms with E-state index in [2.05, 4.69) is 37.5 Å². The van der Waals surface area contributed by atoms with Gasteiger partial charge in [0.05, 0.1) is 12.2 Å². The van der Waals surface area contributed by atoms with Crippen LogP contribution >= 0.6 is 24.0 Å². The number of nitrogens with one attached hydrogen (secondary N) is 2. The largest absolute Gasteiger partial charge is 0.364 e. The zero-order chi connectivity index (χ0) is 20.3. The zero-order valence-corrected chi connectivity index (χ0v) is 19.8. The lowest BCUT2D eigenvalue weighted by Crippen LogP contribution is -2.53. The van der Waals surface area contributed by atoms with Gasteiger partial charge in [0.1, 0.15) is 12.0 Å². The number of H-pyrrole nitrogens is 1. The van der Waals surface area contributed by atoms with Gasteiger partial charge in [0, 0.05) is 50.5 Å². The molecule has 1 saturated heterocycles. The fourth-order valence-electron chi connectivity index (χ4n) is 3.50. The summed E-state index contributed by atoms with van der Waals surface area (Å²) in [6, 6.07) is 11.8. The molecule has 9 nitrogen and oxygen atoms in total. The standard InChI is InChI=1S/C19H24N6O3S.HI/c1-20-19(21-13-17-12-15-4-2-3-5-18(15)22-17)24-7-9-25(10-8-24)29(26,27)14-16-6-11-28-23-16;/h2-6,11-12,22H,7-10,13-14H2,1H3,(H,20,21);1H. The molecular formula is C19H25IN6O3S. The van der Waals surface area contributed by atoms with Gasteiger partial charge in [-0.3, -0.25) is 4.99 Å². The molecule has 0 saturated carbocycles. The number of guanidine groups is 1. The van der Waals surface area contributed by atoms with Crippen LogP contribution in [-0.4, -0.2) is 66.9 Å². The number of aromatic nitrogens is 2. The SMILES string of the molecule is CN=C(NCc1cc2ccccc2[nH]1)N1CCN(S(=O)(=O)Cc2ccon2)CC1.I. The third-order valence-electron chi connectivity index (χ3n) is 4.99. The van der Waals surface area contributed by atoms with E-state index >= 15 is 0 Å². The second-order valence-corrected chi connectivity index (χ2v) is 8.88. The minimum atomic E-state index is -3.41. The van der Waals surface area contributed by atoms with Crippen molar-refractivity contribution in [2.75, 3.05) is 33.2 Å². The number of para-hydroxylation sites is 1. The van der Waals surface area contributed by atoms with Crippen molar-refractivity contribution in [1.29, 1.82) is 0 Å². The van der Waals surface area contributed by atoms with Gasteiger partial charge in [-0.05, 0) is 17.5 Å². The van der Waals surface area contributed by atoms with Gasteiger partial charge < -0.3 is 19.7 Å². The third kappa shape index (κ3) is 5.13. The number of rotatable bonds is 5. The van der Waals surface area contributed by atoms with Gasteiger partial charge in [0.15, 0.2) is 5.96 Å². The molecule has 0 bridgehead atoms. The number of aliphatic imine (C=N–C) groups is 1. The Bertz CT molecular complexity index is 1060. The maximum atomic E-state index is 12.6. The number of piperazine rings is 1.